The largest absolute Gasteiger partial charge is 0.435 e. The monoisotopic (exact) mass is 484 g/mol. The maximum Gasteiger partial charge on any atom is 0.435 e. The fourth-order valence-electron chi connectivity index (χ4n) is 4.64. The van der Waals surface area contributed by atoms with Crippen LogP contribution >= 0.6 is 0 Å². The van der Waals surface area contributed by atoms with Crippen molar-refractivity contribution in [2.24, 2.45) is 5.92 Å². The van der Waals surface area contributed by atoms with Crippen LogP contribution in [0, 0.1) is 5.92 Å². The average Bonchev–Trinajstić information content (AvgIpc) is 3.23. The van der Waals surface area contributed by atoms with E-state index in [0.29, 0.717) is 37.1 Å². The first-order valence-corrected chi connectivity index (χ1v) is 11.6. The number of ketones is 1. The SMILES string of the molecule is CN(C(=O)[C@@H](CC(=O)Cn1nc(C(F)(F)F)c2c1CCCC2)Cc1cccnc1)c1ccccc1. The fourth-order valence-corrected chi connectivity index (χ4v) is 4.64. The van der Waals surface area contributed by atoms with E-state index >= 15 is 0 Å². The summed E-state index contributed by atoms with van der Waals surface area (Å²) in [6.07, 6.45) is 1.09. The summed E-state index contributed by atoms with van der Waals surface area (Å²) in [5.41, 5.74) is 1.27. The number of rotatable bonds is 8. The molecule has 6 nitrogen and oxygen atoms in total. The Morgan fingerprint density at radius 3 is 2.51 bits per heavy atom. The lowest BCUT2D eigenvalue weighted by Gasteiger charge is -2.24. The Morgan fingerprint density at radius 1 is 1.09 bits per heavy atom. The highest BCUT2D eigenvalue weighted by atomic mass is 19.4. The first kappa shape index (κ1) is 24.6. The van der Waals surface area contributed by atoms with Crippen molar-refractivity contribution in [2.75, 3.05) is 11.9 Å². The molecule has 1 atom stereocenters. The van der Waals surface area contributed by atoms with Gasteiger partial charge in [-0.05, 0) is 55.9 Å². The standard InChI is InChI=1S/C26H27F3N4O2/c1-32(20-9-3-2-4-10-20)25(35)19(14-18-8-7-13-30-16-18)15-21(34)17-33-23-12-6-5-11-22(23)24(31-33)26(27,28)29/h2-4,7-10,13,16,19H,5-6,11-12,14-15,17H2,1H3/t19-/m1/s1. The molecular formula is C26H27F3N4O2. The van der Waals surface area contributed by atoms with E-state index < -0.39 is 17.8 Å². The van der Waals surface area contributed by atoms with Gasteiger partial charge in [-0.2, -0.15) is 18.3 Å². The van der Waals surface area contributed by atoms with E-state index in [1.54, 1.807) is 37.6 Å². The lowest BCUT2D eigenvalue weighted by Crippen LogP contribution is -2.35. The fraction of sp³-hybridized carbons (Fsp3) is 0.385. The van der Waals surface area contributed by atoms with E-state index in [2.05, 4.69) is 10.1 Å². The van der Waals surface area contributed by atoms with E-state index in [1.807, 2.05) is 24.3 Å². The minimum absolute atomic E-state index is 0.110. The molecule has 3 aromatic rings. The minimum Gasteiger partial charge on any atom is -0.315 e. The molecule has 1 aliphatic carbocycles. The predicted molar refractivity (Wildman–Crippen MR) is 125 cm³/mol. The third-order valence-electron chi connectivity index (χ3n) is 6.35. The quantitative estimate of drug-likeness (QED) is 0.467. The van der Waals surface area contributed by atoms with Crippen LogP contribution in [0.15, 0.2) is 54.9 Å². The van der Waals surface area contributed by atoms with Gasteiger partial charge in [-0.15, -0.1) is 0 Å². The zero-order valence-corrected chi connectivity index (χ0v) is 19.5. The number of pyridine rings is 1. The second-order valence-corrected chi connectivity index (χ2v) is 8.87. The molecular weight excluding hydrogens is 457 g/mol. The van der Waals surface area contributed by atoms with Gasteiger partial charge >= 0.3 is 6.18 Å². The van der Waals surface area contributed by atoms with Crippen LogP contribution < -0.4 is 4.90 Å². The van der Waals surface area contributed by atoms with Crippen molar-refractivity contribution in [1.29, 1.82) is 0 Å². The van der Waals surface area contributed by atoms with Crippen LogP contribution in [-0.2, 0) is 41.6 Å². The minimum atomic E-state index is -4.56. The maximum absolute atomic E-state index is 13.5. The molecule has 1 aliphatic rings. The van der Waals surface area contributed by atoms with E-state index in [9.17, 15) is 22.8 Å². The van der Waals surface area contributed by atoms with Gasteiger partial charge in [-0.1, -0.05) is 24.3 Å². The summed E-state index contributed by atoms with van der Waals surface area (Å²) < 4.78 is 41.8. The van der Waals surface area contributed by atoms with Crippen molar-refractivity contribution < 1.29 is 22.8 Å². The third-order valence-corrected chi connectivity index (χ3v) is 6.35. The molecule has 1 aromatic carbocycles. The predicted octanol–water partition coefficient (Wildman–Crippen LogP) is 4.66. The zero-order valence-electron chi connectivity index (χ0n) is 19.5. The number of Topliss-reactive ketones (excluding diaryl/α,β-unsaturated/α-hetero) is 1. The lowest BCUT2D eigenvalue weighted by atomic mass is 9.93. The molecule has 0 unspecified atom stereocenters. The Labute approximate surface area is 201 Å². The van der Waals surface area contributed by atoms with E-state index in [-0.39, 0.29) is 30.2 Å². The Kier molecular flexibility index (Phi) is 7.33. The van der Waals surface area contributed by atoms with Gasteiger partial charge in [0.15, 0.2) is 11.5 Å². The Morgan fingerprint density at radius 2 is 1.83 bits per heavy atom. The first-order chi connectivity index (χ1) is 16.7. The summed E-state index contributed by atoms with van der Waals surface area (Å²) in [6, 6.07) is 12.7. The number of aromatic nitrogens is 3. The number of hydrogen-bond donors (Lipinski definition) is 0. The maximum atomic E-state index is 13.5. The molecule has 4 rings (SSSR count). The summed E-state index contributed by atoms with van der Waals surface area (Å²) >= 11 is 0. The van der Waals surface area contributed by atoms with Gasteiger partial charge in [0.05, 0.1) is 6.54 Å². The van der Waals surface area contributed by atoms with E-state index in [1.165, 1.54) is 9.58 Å². The van der Waals surface area contributed by atoms with Crippen molar-refractivity contribution in [3.63, 3.8) is 0 Å². The molecule has 1 amide bonds. The van der Waals surface area contributed by atoms with Gasteiger partial charge in [0.2, 0.25) is 5.91 Å². The molecule has 0 radical (unpaired) electrons. The van der Waals surface area contributed by atoms with Crippen LogP contribution in [0.2, 0.25) is 0 Å². The van der Waals surface area contributed by atoms with Gasteiger partial charge in [0, 0.05) is 48.7 Å². The number of carbonyl (C=O) groups is 2. The molecule has 0 saturated heterocycles. The number of fused-ring (bicyclic) bond motifs is 1. The number of halogens is 3. The molecule has 184 valence electrons. The first-order valence-electron chi connectivity index (χ1n) is 11.6. The van der Waals surface area contributed by atoms with Crippen LogP contribution in [0.3, 0.4) is 0 Å². The Bertz CT molecular complexity index is 1180. The molecule has 0 N–H and O–H groups in total. The summed E-state index contributed by atoms with van der Waals surface area (Å²) in [5.74, 6) is -1.27. The second kappa shape index (κ2) is 10.4. The van der Waals surface area contributed by atoms with Crippen molar-refractivity contribution >= 4 is 17.4 Å². The molecule has 0 spiro atoms. The Hall–Kier alpha value is -3.49. The normalized spacial score (nSPS) is 14.3. The van der Waals surface area contributed by atoms with Crippen LogP contribution in [0.25, 0.3) is 0 Å². The molecule has 0 bridgehead atoms. The van der Waals surface area contributed by atoms with E-state index in [0.717, 1.165) is 12.0 Å². The molecule has 9 heteroatoms. The van der Waals surface area contributed by atoms with Crippen LogP contribution in [-0.4, -0.2) is 33.5 Å². The van der Waals surface area contributed by atoms with Crippen LogP contribution in [0.4, 0.5) is 18.9 Å². The topological polar surface area (TPSA) is 68.1 Å². The Balaban J connectivity index is 1.56. The molecule has 2 aromatic heterocycles. The number of hydrogen-bond acceptors (Lipinski definition) is 4. The number of nitrogens with zero attached hydrogens (tertiary/aromatic N) is 4. The number of amides is 1. The van der Waals surface area contributed by atoms with Crippen molar-refractivity contribution in [3.05, 3.63) is 77.4 Å². The summed E-state index contributed by atoms with van der Waals surface area (Å²) in [4.78, 5) is 32.1. The molecule has 0 saturated carbocycles. The number of alkyl halides is 3. The van der Waals surface area contributed by atoms with Crippen molar-refractivity contribution in [2.45, 2.75) is 51.2 Å². The van der Waals surface area contributed by atoms with Crippen molar-refractivity contribution in [3.8, 4) is 0 Å². The highest BCUT2D eigenvalue weighted by molar-refractivity contribution is 5.97. The second-order valence-electron chi connectivity index (χ2n) is 8.87. The van der Waals surface area contributed by atoms with Gasteiger partial charge in [-0.25, -0.2) is 0 Å². The summed E-state index contributed by atoms with van der Waals surface area (Å²) in [6.45, 7) is -0.287. The van der Waals surface area contributed by atoms with Gasteiger partial charge < -0.3 is 4.90 Å². The summed E-state index contributed by atoms with van der Waals surface area (Å²) in [5, 5.41) is 3.79. The third kappa shape index (κ3) is 5.78. The number of para-hydroxylation sites is 1. The summed E-state index contributed by atoms with van der Waals surface area (Å²) in [7, 11) is 1.65. The number of benzene rings is 1. The smallest absolute Gasteiger partial charge is 0.315 e. The van der Waals surface area contributed by atoms with Crippen molar-refractivity contribution in [1.82, 2.24) is 14.8 Å². The van der Waals surface area contributed by atoms with Gasteiger partial charge in [-0.3, -0.25) is 19.3 Å². The van der Waals surface area contributed by atoms with Gasteiger partial charge in [0.25, 0.3) is 0 Å². The average molecular weight is 485 g/mol. The number of carbonyl (C=O) groups excluding carboxylic acids is 2. The molecule has 0 fully saturated rings. The van der Waals surface area contributed by atoms with Crippen LogP contribution in [0.1, 0.15) is 41.8 Å². The highest BCUT2D eigenvalue weighted by Crippen LogP contribution is 2.36. The number of anilines is 1. The van der Waals surface area contributed by atoms with Gasteiger partial charge in [0.1, 0.15) is 0 Å². The van der Waals surface area contributed by atoms with Crippen LogP contribution in [0.5, 0.6) is 0 Å². The zero-order chi connectivity index (χ0) is 25.0. The lowest BCUT2D eigenvalue weighted by molar-refractivity contribution is -0.142. The highest BCUT2D eigenvalue weighted by Gasteiger charge is 2.39. The molecule has 0 aliphatic heterocycles. The molecule has 35 heavy (non-hydrogen) atoms. The van der Waals surface area contributed by atoms with E-state index in [4.69, 9.17) is 0 Å². The molecule has 2 heterocycles.